The van der Waals surface area contributed by atoms with E-state index in [4.69, 9.17) is 5.11 Å². The van der Waals surface area contributed by atoms with E-state index in [9.17, 15) is 13.2 Å². The van der Waals surface area contributed by atoms with Crippen LogP contribution in [0.3, 0.4) is 0 Å². The van der Waals surface area contributed by atoms with Crippen molar-refractivity contribution in [1.29, 1.82) is 0 Å². The van der Waals surface area contributed by atoms with Crippen LogP contribution < -0.4 is 0 Å². The molecule has 0 spiro atoms. The minimum absolute atomic E-state index is 0.0825. The SMILES string of the molecule is CCC(C)N(CC(=O)O)S(=O)(=O)c1cc[nH]c1. The molecule has 0 amide bonds. The van der Waals surface area contributed by atoms with Gasteiger partial charge in [-0.05, 0) is 19.4 Å². The summed E-state index contributed by atoms with van der Waals surface area (Å²) < 4.78 is 25.3. The monoisotopic (exact) mass is 260 g/mol. The lowest BCUT2D eigenvalue weighted by atomic mass is 10.2. The van der Waals surface area contributed by atoms with Gasteiger partial charge in [-0.1, -0.05) is 6.92 Å². The Labute approximate surface area is 100 Å². The number of nitrogens with one attached hydrogen (secondary N) is 1. The summed E-state index contributed by atoms with van der Waals surface area (Å²) in [7, 11) is -3.74. The highest BCUT2D eigenvalue weighted by Gasteiger charge is 2.30. The van der Waals surface area contributed by atoms with Crippen LogP contribution in [-0.2, 0) is 14.8 Å². The number of carboxylic acids is 1. The second-order valence-electron chi connectivity index (χ2n) is 3.75. The fourth-order valence-electron chi connectivity index (χ4n) is 1.42. The molecular weight excluding hydrogens is 244 g/mol. The molecule has 1 rings (SSSR count). The smallest absolute Gasteiger partial charge is 0.318 e. The van der Waals surface area contributed by atoms with E-state index in [-0.39, 0.29) is 10.9 Å². The molecule has 7 heteroatoms. The van der Waals surface area contributed by atoms with Gasteiger partial charge in [0.1, 0.15) is 6.54 Å². The summed E-state index contributed by atoms with van der Waals surface area (Å²) >= 11 is 0. The second kappa shape index (κ2) is 5.33. The van der Waals surface area contributed by atoms with Crippen LogP contribution in [0.15, 0.2) is 23.4 Å². The minimum atomic E-state index is -3.74. The molecule has 0 saturated carbocycles. The van der Waals surface area contributed by atoms with E-state index in [2.05, 4.69) is 4.98 Å². The van der Waals surface area contributed by atoms with Gasteiger partial charge < -0.3 is 10.1 Å². The van der Waals surface area contributed by atoms with Crippen LogP contribution >= 0.6 is 0 Å². The average molecular weight is 260 g/mol. The first kappa shape index (κ1) is 13.7. The fraction of sp³-hybridized carbons (Fsp3) is 0.500. The van der Waals surface area contributed by atoms with E-state index in [1.165, 1.54) is 18.5 Å². The van der Waals surface area contributed by atoms with Crippen molar-refractivity contribution in [3.8, 4) is 0 Å². The Bertz CT molecular complexity index is 467. The van der Waals surface area contributed by atoms with Gasteiger partial charge in [0.05, 0.1) is 4.90 Å². The molecule has 96 valence electrons. The molecule has 0 aliphatic rings. The highest BCUT2D eigenvalue weighted by molar-refractivity contribution is 7.89. The summed E-state index contributed by atoms with van der Waals surface area (Å²) in [6, 6.07) is 1.05. The van der Waals surface area contributed by atoms with E-state index < -0.39 is 22.5 Å². The molecule has 0 saturated heterocycles. The summed E-state index contributed by atoms with van der Waals surface area (Å²) in [6.45, 7) is 2.97. The number of H-pyrrole nitrogens is 1. The van der Waals surface area contributed by atoms with Crippen LogP contribution in [0, 0.1) is 0 Å². The molecular formula is C10H16N2O4S. The molecule has 0 aliphatic carbocycles. The second-order valence-corrected chi connectivity index (χ2v) is 5.64. The van der Waals surface area contributed by atoms with Crippen molar-refractivity contribution in [3.63, 3.8) is 0 Å². The Morgan fingerprint density at radius 2 is 2.24 bits per heavy atom. The molecule has 1 aromatic heterocycles. The predicted octanol–water partition coefficient (Wildman–Crippen LogP) is 0.888. The maximum atomic E-state index is 12.2. The van der Waals surface area contributed by atoms with E-state index >= 15 is 0 Å². The van der Waals surface area contributed by atoms with Crippen LogP contribution in [-0.4, -0.2) is 41.4 Å². The number of hydrogen-bond acceptors (Lipinski definition) is 3. The van der Waals surface area contributed by atoms with Gasteiger partial charge in [0.15, 0.2) is 0 Å². The van der Waals surface area contributed by atoms with E-state index in [0.29, 0.717) is 6.42 Å². The number of sulfonamides is 1. The third kappa shape index (κ3) is 3.07. The Hall–Kier alpha value is -1.34. The van der Waals surface area contributed by atoms with Gasteiger partial charge in [0.2, 0.25) is 10.0 Å². The first-order valence-corrected chi connectivity index (χ1v) is 6.70. The van der Waals surface area contributed by atoms with Crippen LogP contribution in [0.2, 0.25) is 0 Å². The molecule has 1 aromatic rings. The van der Waals surface area contributed by atoms with E-state index in [1.807, 2.05) is 6.92 Å². The van der Waals surface area contributed by atoms with Gasteiger partial charge in [0, 0.05) is 18.4 Å². The molecule has 0 radical (unpaired) electrons. The molecule has 1 heterocycles. The third-order valence-electron chi connectivity index (χ3n) is 2.55. The number of nitrogens with zero attached hydrogens (tertiary/aromatic N) is 1. The molecule has 0 aliphatic heterocycles. The largest absolute Gasteiger partial charge is 0.480 e. The molecule has 17 heavy (non-hydrogen) atoms. The number of carboxylic acid groups (broad SMARTS) is 1. The van der Waals surface area contributed by atoms with Gasteiger partial charge >= 0.3 is 5.97 Å². The first-order valence-electron chi connectivity index (χ1n) is 5.26. The summed E-state index contributed by atoms with van der Waals surface area (Å²) in [5, 5.41) is 8.78. The van der Waals surface area contributed by atoms with Crippen molar-refractivity contribution < 1.29 is 18.3 Å². The molecule has 0 bridgehead atoms. The van der Waals surface area contributed by atoms with Crippen LogP contribution in [0.25, 0.3) is 0 Å². The lowest BCUT2D eigenvalue weighted by Gasteiger charge is -2.25. The van der Waals surface area contributed by atoms with Crippen molar-refractivity contribution in [2.24, 2.45) is 0 Å². The van der Waals surface area contributed by atoms with Crippen molar-refractivity contribution in [3.05, 3.63) is 18.5 Å². The van der Waals surface area contributed by atoms with Crippen LogP contribution in [0.1, 0.15) is 20.3 Å². The standard InChI is InChI=1S/C10H16N2O4S/c1-3-8(2)12(7-10(13)14)17(15,16)9-4-5-11-6-9/h4-6,8,11H,3,7H2,1-2H3,(H,13,14). The molecule has 2 N–H and O–H groups in total. The van der Waals surface area contributed by atoms with Crippen molar-refractivity contribution in [2.45, 2.75) is 31.2 Å². The Balaban J connectivity index is 3.09. The number of aliphatic carboxylic acids is 1. The fourth-order valence-corrected chi connectivity index (χ4v) is 3.05. The lowest BCUT2D eigenvalue weighted by molar-refractivity contribution is -0.137. The molecule has 0 fully saturated rings. The summed E-state index contributed by atoms with van der Waals surface area (Å²) in [5.74, 6) is -1.16. The molecule has 1 atom stereocenters. The quantitative estimate of drug-likeness (QED) is 0.794. The van der Waals surface area contributed by atoms with Crippen molar-refractivity contribution >= 4 is 16.0 Å². The topological polar surface area (TPSA) is 90.5 Å². The van der Waals surface area contributed by atoms with Gasteiger partial charge in [-0.15, -0.1) is 0 Å². The molecule has 6 nitrogen and oxygen atoms in total. The lowest BCUT2D eigenvalue weighted by Crippen LogP contribution is -2.41. The Kier molecular flexibility index (Phi) is 4.30. The molecule has 0 aromatic carbocycles. The average Bonchev–Trinajstić information content (AvgIpc) is 2.78. The van der Waals surface area contributed by atoms with E-state index in [1.54, 1.807) is 6.92 Å². The third-order valence-corrected chi connectivity index (χ3v) is 4.51. The number of carbonyl (C=O) groups is 1. The highest BCUT2D eigenvalue weighted by Crippen LogP contribution is 2.18. The van der Waals surface area contributed by atoms with Crippen LogP contribution in [0.5, 0.6) is 0 Å². The number of hydrogen-bond donors (Lipinski definition) is 2. The normalized spacial score (nSPS) is 13.8. The summed E-state index contributed by atoms with van der Waals surface area (Å²) in [5.41, 5.74) is 0. The number of rotatable bonds is 6. The number of aromatic nitrogens is 1. The van der Waals surface area contributed by atoms with Gasteiger partial charge in [-0.2, -0.15) is 4.31 Å². The van der Waals surface area contributed by atoms with Gasteiger partial charge in [-0.25, -0.2) is 8.42 Å². The number of aromatic amines is 1. The Morgan fingerprint density at radius 1 is 1.59 bits per heavy atom. The summed E-state index contributed by atoms with van der Waals surface area (Å²) in [6.07, 6.45) is 3.38. The first-order chi connectivity index (χ1) is 7.89. The maximum Gasteiger partial charge on any atom is 0.318 e. The zero-order chi connectivity index (χ0) is 13.1. The van der Waals surface area contributed by atoms with Crippen molar-refractivity contribution in [2.75, 3.05) is 6.54 Å². The van der Waals surface area contributed by atoms with Gasteiger partial charge in [0.25, 0.3) is 0 Å². The molecule has 1 unspecified atom stereocenters. The Morgan fingerprint density at radius 3 is 2.65 bits per heavy atom. The zero-order valence-corrected chi connectivity index (χ0v) is 10.6. The van der Waals surface area contributed by atoms with Crippen molar-refractivity contribution in [1.82, 2.24) is 9.29 Å². The van der Waals surface area contributed by atoms with Gasteiger partial charge in [-0.3, -0.25) is 4.79 Å². The maximum absolute atomic E-state index is 12.2. The summed E-state index contributed by atoms with van der Waals surface area (Å²) in [4.78, 5) is 13.5. The predicted molar refractivity (Wildman–Crippen MR) is 62.1 cm³/mol. The van der Waals surface area contributed by atoms with Crippen LogP contribution in [0.4, 0.5) is 0 Å². The zero-order valence-electron chi connectivity index (χ0n) is 9.75. The minimum Gasteiger partial charge on any atom is -0.480 e. The van der Waals surface area contributed by atoms with E-state index in [0.717, 1.165) is 4.31 Å². The highest BCUT2D eigenvalue weighted by atomic mass is 32.2.